The second kappa shape index (κ2) is 7.28. The summed E-state index contributed by atoms with van der Waals surface area (Å²) >= 11 is 0. The molecule has 0 fully saturated rings. The highest BCUT2D eigenvalue weighted by atomic mass is 15.3. The molecule has 0 aliphatic carbocycles. The number of rotatable bonds is 5. The molecule has 29 heavy (non-hydrogen) atoms. The molecule has 0 radical (unpaired) electrons. The van der Waals surface area contributed by atoms with Gasteiger partial charge in [0, 0.05) is 41.8 Å². The highest BCUT2D eigenvalue weighted by Crippen LogP contribution is 2.26. The summed E-state index contributed by atoms with van der Waals surface area (Å²) in [5.41, 5.74) is 7.56. The van der Waals surface area contributed by atoms with Crippen LogP contribution in [0.5, 0.6) is 0 Å². The summed E-state index contributed by atoms with van der Waals surface area (Å²) in [4.78, 5) is 7.53. The van der Waals surface area contributed by atoms with Crippen LogP contribution in [-0.4, -0.2) is 19.7 Å². The Labute approximate surface area is 169 Å². The molecule has 0 atom stereocenters. The van der Waals surface area contributed by atoms with Crippen LogP contribution in [0.3, 0.4) is 0 Å². The van der Waals surface area contributed by atoms with Gasteiger partial charge in [0.1, 0.15) is 5.65 Å². The van der Waals surface area contributed by atoms with Gasteiger partial charge in [0.15, 0.2) is 0 Å². The predicted molar refractivity (Wildman–Crippen MR) is 117 cm³/mol. The van der Waals surface area contributed by atoms with E-state index < -0.39 is 0 Å². The van der Waals surface area contributed by atoms with Crippen molar-refractivity contribution >= 4 is 22.4 Å². The summed E-state index contributed by atoms with van der Waals surface area (Å²) in [7, 11) is 0. The van der Waals surface area contributed by atoms with Crippen LogP contribution in [0, 0.1) is 6.92 Å². The van der Waals surface area contributed by atoms with Crippen molar-refractivity contribution < 1.29 is 0 Å². The Morgan fingerprint density at radius 2 is 1.76 bits per heavy atom. The van der Waals surface area contributed by atoms with E-state index in [0.717, 1.165) is 40.2 Å². The lowest BCUT2D eigenvalue weighted by atomic mass is 10.0. The van der Waals surface area contributed by atoms with E-state index in [0.29, 0.717) is 0 Å². The molecule has 5 rings (SSSR count). The lowest BCUT2D eigenvalue weighted by Crippen LogP contribution is -1.97. The van der Waals surface area contributed by atoms with Crippen LogP contribution >= 0.6 is 0 Å². The lowest BCUT2D eigenvalue weighted by Gasteiger charge is -2.12. The van der Waals surface area contributed by atoms with E-state index >= 15 is 0 Å². The fraction of sp³-hybridized carbons (Fsp3) is 0.0833. The number of anilines is 2. The molecular weight excluding hydrogens is 358 g/mol. The second-order valence-corrected chi connectivity index (χ2v) is 7.08. The van der Waals surface area contributed by atoms with E-state index in [1.54, 1.807) is 0 Å². The maximum atomic E-state index is 4.78. The third-order valence-electron chi connectivity index (χ3n) is 5.14. The molecule has 5 nitrogen and oxygen atoms in total. The standard InChI is InChI=1S/C24H21N5/c1-17-19(16-29(28-17)23-12-14-26-24-21(23)11-13-25-24)15-18-7-5-6-10-22(18)27-20-8-3-2-4-9-20/h2-14,16,27H,15H2,1H3,(H,25,26). The Kier molecular flexibility index (Phi) is 4.33. The Hall–Kier alpha value is -3.86. The monoisotopic (exact) mass is 379 g/mol. The number of aromatic nitrogens is 4. The third-order valence-corrected chi connectivity index (χ3v) is 5.14. The van der Waals surface area contributed by atoms with Crippen molar-refractivity contribution in [2.24, 2.45) is 0 Å². The third kappa shape index (κ3) is 3.38. The summed E-state index contributed by atoms with van der Waals surface area (Å²) in [6.07, 6.45) is 6.65. The minimum Gasteiger partial charge on any atom is -0.355 e. The maximum Gasteiger partial charge on any atom is 0.139 e. The largest absolute Gasteiger partial charge is 0.355 e. The van der Waals surface area contributed by atoms with Gasteiger partial charge in [0.25, 0.3) is 0 Å². The lowest BCUT2D eigenvalue weighted by molar-refractivity contribution is 0.868. The number of benzene rings is 2. The first-order valence-electron chi connectivity index (χ1n) is 9.65. The van der Waals surface area contributed by atoms with Crippen LogP contribution in [0.15, 0.2) is 85.3 Å². The predicted octanol–water partition coefficient (Wildman–Crippen LogP) is 5.39. The fourth-order valence-corrected chi connectivity index (χ4v) is 3.62. The van der Waals surface area contributed by atoms with Gasteiger partial charge in [-0.3, -0.25) is 0 Å². The summed E-state index contributed by atoms with van der Waals surface area (Å²) in [6.45, 7) is 2.06. The summed E-state index contributed by atoms with van der Waals surface area (Å²) in [6, 6.07) is 22.7. The van der Waals surface area contributed by atoms with Crippen LogP contribution in [-0.2, 0) is 6.42 Å². The van der Waals surface area contributed by atoms with E-state index in [2.05, 4.69) is 64.8 Å². The molecule has 5 aromatic rings. The Bertz CT molecular complexity index is 1270. The van der Waals surface area contributed by atoms with Gasteiger partial charge in [-0.1, -0.05) is 36.4 Å². The minimum atomic E-state index is 0.809. The molecule has 3 aromatic heterocycles. The average molecular weight is 379 g/mol. The Balaban J connectivity index is 1.47. The number of hydrogen-bond acceptors (Lipinski definition) is 3. The highest BCUT2D eigenvalue weighted by molar-refractivity contribution is 5.84. The number of nitrogens with zero attached hydrogens (tertiary/aromatic N) is 3. The number of pyridine rings is 1. The molecule has 0 aliphatic rings. The van der Waals surface area contributed by atoms with E-state index in [1.165, 1.54) is 11.1 Å². The van der Waals surface area contributed by atoms with Crippen LogP contribution in [0.2, 0.25) is 0 Å². The molecule has 0 bridgehead atoms. The van der Waals surface area contributed by atoms with Crippen molar-refractivity contribution in [1.29, 1.82) is 0 Å². The van der Waals surface area contributed by atoms with E-state index in [1.807, 2.05) is 47.4 Å². The van der Waals surface area contributed by atoms with Gasteiger partial charge in [-0.2, -0.15) is 5.10 Å². The van der Waals surface area contributed by atoms with Crippen molar-refractivity contribution in [3.05, 3.63) is 102 Å². The zero-order valence-electron chi connectivity index (χ0n) is 16.1. The number of para-hydroxylation sites is 2. The number of nitrogens with one attached hydrogen (secondary N) is 2. The minimum absolute atomic E-state index is 0.809. The van der Waals surface area contributed by atoms with Gasteiger partial charge in [0.05, 0.1) is 11.4 Å². The van der Waals surface area contributed by atoms with Gasteiger partial charge >= 0.3 is 0 Å². The Morgan fingerprint density at radius 3 is 2.66 bits per heavy atom. The first-order chi connectivity index (χ1) is 14.3. The van der Waals surface area contributed by atoms with Gasteiger partial charge in [0.2, 0.25) is 0 Å². The van der Waals surface area contributed by atoms with Crippen molar-refractivity contribution in [2.75, 3.05) is 5.32 Å². The second-order valence-electron chi connectivity index (χ2n) is 7.08. The number of aryl methyl sites for hydroxylation is 1. The SMILES string of the molecule is Cc1nn(-c2ccnc3[nH]ccc23)cc1Cc1ccccc1Nc1ccccc1. The molecule has 0 saturated carbocycles. The topological polar surface area (TPSA) is 58.5 Å². The molecule has 5 heteroatoms. The maximum absolute atomic E-state index is 4.78. The average Bonchev–Trinajstić information content (AvgIpc) is 3.37. The van der Waals surface area contributed by atoms with Crippen LogP contribution in [0.25, 0.3) is 16.7 Å². The first-order valence-corrected chi connectivity index (χ1v) is 9.65. The van der Waals surface area contributed by atoms with Crippen LogP contribution < -0.4 is 5.32 Å². The quantitative estimate of drug-likeness (QED) is 0.430. The highest BCUT2D eigenvalue weighted by Gasteiger charge is 2.12. The van der Waals surface area contributed by atoms with E-state index in [9.17, 15) is 0 Å². The van der Waals surface area contributed by atoms with Gasteiger partial charge in [-0.15, -0.1) is 0 Å². The molecular formula is C24H21N5. The van der Waals surface area contributed by atoms with Crippen LogP contribution in [0.4, 0.5) is 11.4 Å². The Morgan fingerprint density at radius 1 is 0.931 bits per heavy atom. The van der Waals surface area contributed by atoms with Gasteiger partial charge < -0.3 is 10.3 Å². The first kappa shape index (κ1) is 17.3. The van der Waals surface area contributed by atoms with Crippen molar-refractivity contribution in [1.82, 2.24) is 19.7 Å². The van der Waals surface area contributed by atoms with Crippen molar-refractivity contribution in [3.8, 4) is 5.69 Å². The number of H-pyrrole nitrogens is 1. The zero-order chi connectivity index (χ0) is 19.6. The molecule has 0 aliphatic heterocycles. The molecule has 0 spiro atoms. The zero-order valence-corrected chi connectivity index (χ0v) is 16.1. The molecule has 2 N–H and O–H groups in total. The van der Waals surface area contributed by atoms with Gasteiger partial charge in [-0.05, 0) is 48.4 Å². The number of aromatic amines is 1. The van der Waals surface area contributed by atoms with Crippen molar-refractivity contribution in [3.63, 3.8) is 0 Å². The molecule has 2 aromatic carbocycles. The summed E-state index contributed by atoms with van der Waals surface area (Å²) in [5, 5.41) is 9.37. The van der Waals surface area contributed by atoms with E-state index in [-0.39, 0.29) is 0 Å². The fourth-order valence-electron chi connectivity index (χ4n) is 3.62. The van der Waals surface area contributed by atoms with Gasteiger partial charge in [-0.25, -0.2) is 9.67 Å². The molecule has 3 heterocycles. The molecule has 0 saturated heterocycles. The smallest absolute Gasteiger partial charge is 0.139 e. The molecule has 0 amide bonds. The molecule has 142 valence electrons. The summed E-state index contributed by atoms with van der Waals surface area (Å²) < 4.78 is 1.95. The van der Waals surface area contributed by atoms with Crippen LogP contribution in [0.1, 0.15) is 16.8 Å². The molecule has 0 unspecified atom stereocenters. The normalized spacial score (nSPS) is 11.1. The van der Waals surface area contributed by atoms with Crippen molar-refractivity contribution in [2.45, 2.75) is 13.3 Å². The number of fused-ring (bicyclic) bond motifs is 1. The van der Waals surface area contributed by atoms with E-state index in [4.69, 9.17) is 5.10 Å². The number of hydrogen-bond donors (Lipinski definition) is 2. The summed E-state index contributed by atoms with van der Waals surface area (Å²) in [5.74, 6) is 0.